The molecule has 3 heterocycles. The second-order valence-electron chi connectivity index (χ2n) is 10.1. The molecule has 3 aliphatic heterocycles. The van der Waals surface area contributed by atoms with E-state index in [1.54, 1.807) is 0 Å². The van der Waals surface area contributed by atoms with E-state index in [0.29, 0.717) is 13.2 Å². The number of likely N-dealkylation sites (tertiary alicyclic amines) is 1. The molecule has 6 atom stereocenters. The van der Waals surface area contributed by atoms with Crippen LogP contribution in [-0.4, -0.2) is 79.0 Å². The Balaban J connectivity index is 1.46. The molecule has 3 aliphatic rings. The first-order valence-electron chi connectivity index (χ1n) is 13.1. The highest BCUT2D eigenvalue weighted by atomic mass is 16.8. The van der Waals surface area contributed by atoms with Crippen LogP contribution in [0.3, 0.4) is 0 Å². The highest BCUT2D eigenvalue weighted by molar-refractivity contribution is 4.98. The third-order valence-electron chi connectivity index (χ3n) is 6.74. The number of nitrogens with zero attached hydrogens (tertiary/aromatic N) is 1. The van der Waals surface area contributed by atoms with E-state index in [2.05, 4.69) is 18.7 Å². The van der Waals surface area contributed by atoms with Gasteiger partial charge in [-0.1, -0.05) is 52.4 Å². The van der Waals surface area contributed by atoms with Gasteiger partial charge in [-0.2, -0.15) is 0 Å². The SMILES string of the molecule is CCCCCCCCCOC(CC)O[C@H]1O[C@H]([C@H](O)CN2CCCC2)[C@@H]2OC(C)(C)O[C@H]12. The molecule has 0 bridgehead atoms. The van der Waals surface area contributed by atoms with Crippen molar-refractivity contribution in [3.8, 4) is 0 Å². The normalized spacial score (nSPS) is 31.8. The van der Waals surface area contributed by atoms with Crippen LogP contribution in [0.2, 0.25) is 0 Å². The lowest BCUT2D eigenvalue weighted by Gasteiger charge is -2.29. The van der Waals surface area contributed by atoms with Gasteiger partial charge in [-0.15, -0.1) is 0 Å². The average molecular weight is 458 g/mol. The van der Waals surface area contributed by atoms with Gasteiger partial charge in [0.25, 0.3) is 0 Å². The summed E-state index contributed by atoms with van der Waals surface area (Å²) in [5.74, 6) is -0.716. The number of hydrogen-bond acceptors (Lipinski definition) is 7. The van der Waals surface area contributed by atoms with Crippen molar-refractivity contribution in [2.45, 2.75) is 135 Å². The molecule has 7 nitrogen and oxygen atoms in total. The monoisotopic (exact) mass is 457 g/mol. The lowest BCUT2D eigenvalue weighted by molar-refractivity contribution is -0.287. The highest BCUT2D eigenvalue weighted by Crippen LogP contribution is 2.40. The quantitative estimate of drug-likeness (QED) is 0.292. The van der Waals surface area contributed by atoms with E-state index in [4.69, 9.17) is 23.7 Å². The van der Waals surface area contributed by atoms with Crippen LogP contribution in [0.15, 0.2) is 0 Å². The van der Waals surface area contributed by atoms with Gasteiger partial charge in [0.15, 0.2) is 18.4 Å². The topological polar surface area (TPSA) is 69.6 Å². The van der Waals surface area contributed by atoms with Gasteiger partial charge in [0.2, 0.25) is 0 Å². The van der Waals surface area contributed by atoms with Crippen LogP contribution >= 0.6 is 0 Å². The fourth-order valence-electron chi connectivity index (χ4n) is 5.02. The molecule has 3 rings (SSSR count). The van der Waals surface area contributed by atoms with Gasteiger partial charge in [0.1, 0.15) is 18.3 Å². The molecule has 32 heavy (non-hydrogen) atoms. The Morgan fingerprint density at radius 3 is 2.31 bits per heavy atom. The molecule has 1 N–H and O–H groups in total. The predicted octanol–water partition coefficient (Wildman–Crippen LogP) is 4.21. The fraction of sp³-hybridized carbons (Fsp3) is 1.00. The predicted molar refractivity (Wildman–Crippen MR) is 123 cm³/mol. The van der Waals surface area contributed by atoms with Gasteiger partial charge in [-0.25, -0.2) is 0 Å². The molecule has 0 aromatic carbocycles. The maximum atomic E-state index is 10.9. The second kappa shape index (κ2) is 13.0. The van der Waals surface area contributed by atoms with Crippen molar-refractivity contribution in [3.05, 3.63) is 0 Å². The van der Waals surface area contributed by atoms with Crippen LogP contribution in [-0.2, 0) is 23.7 Å². The Morgan fingerprint density at radius 2 is 1.62 bits per heavy atom. The van der Waals surface area contributed by atoms with Crippen LogP contribution in [0.25, 0.3) is 0 Å². The van der Waals surface area contributed by atoms with Crippen molar-refractivity contribution in [2.24, 2.45) is 0 Å². The Bertz CT molecular complexity index is 527. The van der Waals surface area contributed by atoms with E-state index in [0.717, 1.165) is 25.9 Å². The van der Waals surface area contributed by atoms with E-state index in [9.17, 15) is 5.11 Å². The summed E-state index contributed by atoms with van der Waals surface area (Å²) < 4.78 is 30.6. The summed E-state index contributed by atoms with van der Waals surface area (Å²) in [6, 6.07) is 0. The fourth-order valence-corrected chi connectivity index (χ4v) is 5.02. The van der Waals surface area contributed by atoms with Crippen LogP contribution < -0.4 is 0 Å². The number of unbranched alkanes of at least 4 members (excludes halogenated alkanes) is 6. The number of aliphatic hydroxyl groups is 1. The van der Waals surface area contributed by atoms with E-state index < -0.39 is 24.3 Å². The summed E-state index contributed by atoms with van der Waals surface area (Å²) in [5, 5.41) is 10.9. The maximum absolute atomic E-state index is 10.9. The van der Waals surface area contributed by atoms with Crippen LogP contribution in [0.1, 0.15) is 91.9 Å². The summed E-state index contributed by atoms with van der Waals surface area (Å²) in [7, 11) is 0. The Labute approximate surface area is 195 Å². The van der Waals surface area contributed by atoms with Gasteiger partial charge < -0.3 is 33.7 Å². The van der Waals surface area contributed by atoms with Crippen molar-refractivity contribution < 1.29 is 28.8 Å². The van der Waals surface area contributed by atoms with Gasteiger partial charge in [-0.05, 0) is 52.6 Å². The zero-order valence-electron chi connectivity index (χ0n) is 20.8. The van der Waals surface area contributed by atoms with Gasteiger partial charge in [0, 0.05) is 13.2 Å². The number of hydrogen-bond donors (Lipinski definition) is 1. The third kappa shape index (κ3) is 7.62. The van der Waals surface area contributed by atoms with Crippen molar-refractivity contribution in [2.75, 3.05) is 26.2 Å². The average Bonchev–Trinajstić information content (AvgIpc) is 3.45. The molecule has 0 aliphatic carbocycles. The Morgan fingerprint density at radius 1 is 0.969 bits per heavy atom. The van der Waals surface area contributed by atoms with Gasteiger partial charge in [-0.3, -0.25) is 0 Å². The number of rotatable bonds is 15. The van der Waals surface area contributed by atoms with Gasteiger partial charge >= 0.3 is 0 Å². The van der Waals surface area contributed by atoms with E-state index in [-0.39, 0.29) is 18.5 Å². The van der Waals surface area contributed by atoms with Crippen molar-refractivity contribution in [1.29, 1.82) is 0 Å². The molecule has 188 valence electrons. The standard InChI is InChI=1S/C25H47NO6/c1-5-7-8-9-10-11-14-17-28-20(6-2)29-24-23-22(31-25(3,4)32-23)21(30-24)19(27)18-26-15-12-13-16-26/h19-24,27H,5-18H2,1-4H3/t19-,20?,21-,22+,23+,24+/m1/s1. The smallest absolute Gasteiger partial charge is 0.190 e. The van der Waals surface area contributed by atoms with Crippen molar-refractivity contribution in [1.82, 2.24) is 4.90 Å². The number of aliphatic hydroxyl groups excluding tert-OH is 1. The lowest BCUT2D eigenvalue weighted by atomic mass is 10.1. The van der Waals surface area contributed by atoms with Crippen LogP contribution in [0.4, 0.5) is 0 Å². The Hall–Kier alpha value is -0.280. The second-order valence-corrected chi connectivity index (χ2v) is 10.1. The summed E-state index contributed by atoms with van der Waals surface area (Å²) >= 11 is 0. The minimum atomic E-state index is -0.716. The largest absolute Gasteiger partial charge is 0.389 e. The molecule has 0 saturated carbocycles. The van der Waals surface area contributed by atoms with Crippen LogP contribution in [0.5, 0.6) is 0 Å². The lowest BCUT2D eigenvalue weighted by Crippen LogP contribution is -2.44. The number of β-amino-alcohol motifs (C(OH)–C–C–N with tert-alkyl or cyclic N) is 1. The summed E-state index contributed by atoms with van der Waals surface area (Å²) in [5.41, 5.74) is 0. The highest BCUT2D eigenvalue weighted by Gasteiger charge is 2.58. The molecule has 3 saturated heterocycles. The molecule has 3 fully saturated rings. The van der Waals surface area contributed by atoms with E-state index in [1.165, 1.54) is 51.4 Å². The first-order valence-corrected chi connectivity index (χ1v) is 13.1. The maximum Gasteiger partial charge on any atom is 0.190 e. The zero-order valence-corrected chi connectivity index (χ0v) is 20.8. The summed E-state index contributed by atoms with van der Waals surface area (Å²) in [4.78, 5) is 2.29. The Kier molecular flexibility index (Phi) is 10.7. The number of ether oxygens (including phenoxy) is 5. The van der Waals surface area contributed by atoms with Crippen molar-refractivity contribution in [3.63, 3.8) is 0 Å². The molecule has 1 unspecified atom stereocenters. The number of fused-ring (bicyclic) bond motifs is 1. The summed E-state index contributed by atoms with van der Waals surface area (Å²) in [6.45, 7) is 11.5. The summed E-state index contributed by atoms with van der Waals surface area (Å²) in [6.07, 6.45) is 9.15. The van der Waals surface area contributed by atoms with E-state index in [1.807, 2.05) is 13.8 Å². The van der Waals surface area contributed by atoms with Crippen molar-refractivity contribution >= 4 is 0 Å². The molecule has 7 heteroatoms. The van der Waals surface area contributed by atoms with E-state index >= 15 is 0 Å². The third-order valence-corrected chi connectivity index (χ3v) is 6.74. The first-order chi connectivity index (χ1) is 15.4. The molecule has 0 radical (unpaired) electrons. The molecular weight excluding hydrogens is 410 g/mol. The minimum Gasteiger partial charge on any atom is -0.389 e. The zero-order chi connectivity index (χ0) is 23.0. The molecule has 0 aromatic rings. The molecule has 0 spiro atoms. The van der Waals surface area contributed by atoms with Gasteiger partial charge in [0.05, 0.1) is 6.10 Å². The minimum absolute atomic E-state index is 0.340. The molecule has 0 amide bonds. The van der Waals surface area contributed by atoms with Crippen LogP contribution in [0, 0.1) is 0 Å². The first kappa shape index (κ1) is 26.3. The molecular formula is C25H47NO6. The molecule has 0 aromatic heterocycles.